The fourth-order valence-electron chi connectivity index (χ4n) is 3.07. The van der Waals surface area contributed by atoms with Crippen molar-refractivity contribution in [1.82, 2.24) is 19.7 Å². The maximum atomic E-state index is 12.7. The minimum atomic E-state index is -0.929. The van der Waals surface area contributed by atoms with Crippen LogP contribution in [0.5, 0.6) is 0 Å². The van der Waals surface area contributed by atoms with Gasteiger partial charge in [-0.2, -0.15) is 5.10 Å². The number of amides is 2. The van der Waals surface area contributed by atoms with E-state index in [0.717, 1.165) is 0 Å². The van der Waals surface area contributed by atoms with E-state index in [1.807, 2.05) is 0 Å². The zero-order valence-electron chi connectivity index (χ0n) is 16.1. The van der Waals surface area contributed by atoms with Crippen LogP contribution in [0.2, 0.25) is 0 Å². The Kier molecular flexibility index (Phi) is 4.42. The van der Waals surface area contributed by atoms with Gasteiger partial charge in [0.05, 0.1) is 30.5 Å². The lowest BCUT2D eigenvalue weighted by atomic mass is 9.89. The summed E-state index contributed by atoms with van der Waals surface area (Å²) in [5.74, 6) is -0.252. The van der Waals surface area contributed by atoms with Crippen molar-refractivity contribution >= 4 is 23.3 Å². The van der Waals surface area contributed by atoms with Crippen LogP contribution < -0.4 is 10.2 Å². The van der Waals surface area contributed by atoms with E-state index in [4.69, 9.17) is 4.42 Å². The SMILES string of the molecule is Cn1cc(NC(=O)c2coc(-c3c[c]ncc3)n2)c(N2CC(O)C(C)(C)C2=O)n1. The van der Waals surface area contributed by atoms with Gasteiger partial charge in [-0.15, -0.1) is 0 Å². The van der Waals surface area contributed by atoms with Crippen molar-refractivity contribution in [3.8, 4) is 11.5 Å². The Morgan fingerprint density at radius 2 is 2.24 bits per heavy atom. The van der Waals surface area contributed by atoms with Gasteiger partial charge in [-0.25, -0.2) is 4.98 Å². The summed E-state index contributed by atoms with van der Waals surface area (Å²) in [5, 5.41) is 17.2. The van der Waals surface area contributed by atoms with Gasteiger partial charge in [0.2, 0.25) is 11.8 Å². The highest BCUT2D eigenvalue weighted by Gasteiger charge is 2.48. The minimum absolute atomic E-state index is 0.0692. The number of aliphatic hydroxyl groups is 1. The molecule has 4 rings (SSSR count). The molecule has 1 unspecified atom stereocenters. The number of aliphatic hydroxyl groups excluding tert-OH is 1. The van der Waals surface area contributed by atoms with Gasteiger partial charge in [-0.3, -0.25) is 24.2 Å². The van der Waals surface area contributed by atoms with E-state index in [1.165, 1.54) is 15.8 Å². The van der Waals surface area contributed by atoms with E-state index in [0.29, 0.717) is 11.3 Å². The van der Waals surface area contributed by atoms with E-state index in [-0.39, 0.29) is 29.9 Å². The number of rotatable bonds is 4. The largest absolute Gasteiger partial charge is 0.444 e. The molecule has 1 aliphatic heterocycles. The molecule has 4 heterocycles. The molecule has 1 saturated heterocycles. The monoisotopic (exact) mass is 395 g/mol. The summed E-state index contributed by atoms with van der Waals surface area (Å²) in [7, 11) is 1.68. The third kappa shape index (κ3) is 3.27. The van der Waals surface area contributed by atoms with Crippen molar-refractivity contribution in [2.75, 3.05) is 16.8 Å². The fourth-order valence-corrected chi connectivity index (χ4v) is 3.07. The first-order valence-corrected chi connectivity index (χ1v) is 8.90. The summed E-state index contributed by atoms with van der Waals surface area (Å²) >= 11 is 0. The summed E-state index contributed by atoms with van der Waals surface area (Å²) in [5.41, 5.74) is 0.110. The second-order valence-corrected chi connectivity index (χ2v) is 7.36. The predicted octanol–water partition coefficient (Wildman–Crippen LogP) is 1.26. The number of anilines is 2. The second kappa shape index (κ2) is 6.82. The van der Waals surface area contributed by atoms with Crippen LogP contribution in [0.1, 0.15) is 24.3 Å². The number of aromatic nitrogens is 4. The number of hydrogen-bond donors (Lipinski definition) is 2. The first-order chi connectivity index (χ1) is 13.8. The molecule has 1 fully saturated rings. The van der Waals surface area contributed by atoms with Gasteiger partial charge in [-0.05, 0) is 26.0 Å². The number of carbonyl (C=O) groups excluding carboxylic acids is 2. The summed E-state index contributed by atoms with van der Waals surface area (Å²) in [6.45, 7) is 3.45. The summed E-state index contributed by atoms with van der Waals surface area (Å²) < 4.78 is 6.85. The summed E-state index contributed by atoms with van der Waals surface area (Å²) in [4.78, 5) is 34.7. The highest BCUT2D eigenvalue weighted by atomic mass is 16.3. The van der Waals surface area contributed by atoms with Gasteiger partial charge in [-0.1, -0.05) is 0 Å². The van der Waals surface area contributed by atoms with Crippen LogP contribution >= 0.6 is 0 Å². The topological polar surface area (TPSA) is 126 Å². The molecule has 149 valence electrons. The number of pyridine rings is 1. The molecule has 0 spiro atoms. The molecule has 2 N–H and O–H groups in total. The maximum Gasteiger partial charge on any atom is 0.277 e. The van der Waals surface area contributed by atoms with Gasteiger partial charge in [0.1, 0.15) is 12.0 Å². The molecular weight excluding hydrogens is 376 g/mol. The average molecular weight is 395 g/mol. The molecule has 1 aliphatic rings. The third-order valence-corrected chi connectivity index (χ3v) is 4.91. The van der Waals surface area contributed by atoms with Crippen molar-refractivity contribution in [3.05, 3.63) is 42.7 Å². The lowest BCUT2D eigenvalue weighted by Gasteiger charge is -2.19. The molecule has 1 atom stereocenters. The highest BCUT2D eigenvalue weighted by molar-refractivity contribution is 6.07. The molecular formula is C19H19N6O4. The van der Waals surface area contributed by atoms with Crippen LogP contribution in [0.3, 0.4) is 0 Å². The molecule has 3 aromatic heterocycles. The average Bonchev–Trinajstić information content (AvgIpc) is 3.37. The number of β-amino-alcohol motifs (C(OH)–C–C–N with tert-alkyl or cyclic N) is 1. The van der Waals surface area contributed by atoms with Gasteiger partial charge in [0, 0.05) is 18.8 Å². The van der Waals surface area contributed by atoms with Crippen molar-refractivity contribution < 1.29 is 19.1 Å². The summed E-state index contributed by atoms with van der Waals surface area (Å²) in [6.07, 6.45) is 6.21. The molecule has 0 aliphatic carbocycles. The smallest absolute Gasteiger partial charge is 0.277 e. The van der Waals surface area contributed by atoms with E-state index in [2.05, 4.69) is 26.6 Å². The molecule has 0 saturated carbocycles. The molecule has 10 heteroatoms. The fraction of sp³-hybridized carbons (Fsp3) is 0.316. The number of nitrogens with one attached hydrogen (secondary N) is 1. The maximum absolute atomic E-state index is 12.7. The lowest BCUT2D eigenvalue weighted by Crippen LogP contribution is -2.33. The highest BCUT2D eigenvalue weighted by Crippen LogP contribution is 2.36. The van der Waals surface area contributed by atoms with Crippen molar-refractivity contribution in [2.45, 2.75) is 20.0 Å². The molecule has 3 aromatic rings. The Morgan fingerprint density at radius 1 is 1.45 bits per heavy atom. The lowest BCUT2D eigenvalue weighted by molar-refractivity contribution is -0.126. The molecule has 29 heavy (non-hydrogen) atoms. The van der Waals surface area contributed by atoms with Gasteiger partial charge in [0.25, 0.3) is 5.91 Å². The Bertz CT molecular complexity index is 1070. The second-order valence-electron chi connectivity index (χ2n) is 7.36. The van der Waals surface area contributed by atoms with Gasteiger partial charge >= 0.3 is 0 Å². The Morgan fingerprint density at radius 3 is 2.90 bits per heavy atom. The van der Waals surface area contributed by atoms with Crippen LogP contribution in [-0.4, -0.2) is 49.3 Å². The zero-order chi connectivity index (χ0) is 20.8. The van der Waals surface area contributed by atoms with E-state index >= 15 is 0 Å². The first-order valence-electron chi connectivity index (χ1n) is 8.90. The van der Waals surface area contributed by atoms with Crippen LogP contribution in [0.25, 0.3) is 11.5 Å². The number of aryl methyl sites for hydroxylation is 1. The number of oxazole rings is 1. The normalized spacial score (nSPS) is 18.3. The van der Waals surface area contributed by atoms with Crippen LogP contribution in [0, 0.1) is 11.6 Å². The quantitative estimate of drug-likeness (QED) is 0.681. The van der Waals surface area contributed by atoms with Crippen LogP contribution in [0.15, 0.2) is 35.2 Å². The van der Waals surface area contributed by atoms with E-state index < -0.39 is 17.4 Å². The Hall–Kier alpha value is -3.53. The predicted molar refractivity (Wildman–Crippen MR) is 102 cm³/mol. The first kappa shape index (κ1) is 18.8. The van der Waals surface area contributed by atoms with E-state index in [9.17, 15) is 14.7 Å². The standard InChI is InChI=1S/C19H19N6O4/c1-19(2)14(26)9-25(18(19)28)15-12(8-24(3)23-15)21-16(27)13-10-29-17(22-13)11-4-6-20-7-5-11/h4-6,8,10,14,26H,9H2,1-3H3,(H,21,27). The summed E-state index contributed by atoms with van der Waals surface area (Å²) in [6, 6.07) is 3.29. The number of carbonyl (C=O) groups is 2. The molecule has 0 aromatic carbocycles. The molecule has 0 bridgehead atoms. The van der Waals surface area contributed by atoms with Crippen LogP contribution in [-0.2, 0) is 11.8 Å². The molecule has 1 radical (unpaired) electrons. The van der Waals surface area contributed by atoms with Crippen molar-refractivity contribution in [2.24, 2.45) is 12.5 Å². The Balaban J connectivity index is 1.58. The number of nitrogens with zero attached hydrogens (tertiary/aromatic N) is 5. The molecule has 2 amide bonds. The van der Waals surface area contributed by atoms with Gasteiger partial charge < -0.3 is 14.8 Å². The Labute approximate surface area is 166 Å². The minimum Gasteiger partial charge on any atom is -0.444 e. The van der Waals surface area contributed by atoms with Crippen LogP contribution in [0.4, 0.5) is 11.5 Å². The van der Waals surface area contributed by atoms with Gasteiger partial charge in [0.15, 0.2) is 11.5 Å². The molecule has 10 nitrogen and oxygen atoms in total. The van der Waals surface area contributed by atoms with Crippen molar-refractivity contribution in [1.29, 1.82) is 0 Å². The number of hydrogen-bond acceptors (Lipinski definition) is 7. The van der Waals surface area contributed by atoms with Crippen molar-refractivity contribution in [3.63, 3.8) is 0 Å². The van der Waals surface area contributed by atoms with E-state index in [1.54, 1.807) is 45.4 Å². The third-order valence-electron chi connectivity index (χ3n) is 4.91. The zero-order valence-corrected chi connectivity index (χ0v) is 16.1.